The van der Waals surface area contributed by atoms with Gasteiger partial charge in [0, 0.05) is 0 Å². The third kappa shape index (κ3) is 8.90. The van der Waals surface area contributed by atoms with Crippen molar-refractivity contribution < 1.29 is 38.6 Å². The highest BCUT2D eigenvalue weighted by molar-refractivity contribution is 5.86. The lowest BCUT2D eigenvalue weighted by Crippen LogP contribution is -2.28. The van der Waals surface area contributed by atoms with Gasteiger partial charge in [-0.05, 0) is 71.5 Å². The van der Waals surface area contributed by atoms with E-state index >= 15 is 0 Å². The van der Waals surface area contributed by atoms with Gasteiger partial charge in [-0.15, -0.1) is 0 Å². The van der Waals surface area contributed by atoms with E-state index in [2.05, 4.69) is 72.8 Å². The Morgan fingerprint density at radius 2 is 0.939 bits per heavy atom. The monoisotopic (exact) mass is 666 g/mol. The van der Waals surface area contributed by atoms with Crippen molar-refractivity contribution in [3.63, 3.8) is 0 Å². The minimum atomic E-state index is -0.697. The van der Waals surface area contributed by atoms with Gasteiger partial charge in [-0.2, -0.15) is 0 Å². The molecule has 8 heteroatoms. The van der Waals surface area contributed by atoms with E-state index in [4.69, 9.17) is 28.4 Å². The summed E-state index contributed by atoms with van der Waals surface area (Å²) in [6.07, 6.45) is 5.24. The fourth-order valence-corrected chi connectivity index (χ4v) is 6.12. The van der Waals surface area contributed by atoms with Gasteiger partial charge in [0.2, 0.25) is 0 Å². The lowest BCUT2D eigenvalue weighted by atomic mass is 9.68. The zero-order valence-corrected chi connectivity index (χ0v) is 28.2. The highest BCUT2D eigenvalue weighted by atomic mass is 16.5. The molecular weight excluding hydrogens is 620 g/mol. The first-order valence-corrected chi connectivity index (χ1v) is 16.7. The molecule has 5 rings (SSSR count). The smallest absolute Gasteiger partial charge is 0.119 e. The van der Waals surface area contributed by atoms with Crippen molar-refractivity contribution in [3.8, 4) is 22.6 Å². The van der Waals surface area contributed by atoms with Crippen LogP contribution in [0.4, 0.5) is 0 Å². The van der Waals surface area contributed by atoms with Crippen molar-refractivity contribution in [2.45, 2.75) is 31.5 Å². The summed E-state index contributed by atoms with van der Waals surface area (Å²) in [4.78, 5) is 0. The maximum atomic E-state index is 9.95. The van der Waals surface area contributed by atoms with E-state index < -0.39 is 17.6 Å². The lowest BCUT2D eigenvalue weighted by molar-refractivity contribution is -0.00477. The van der Waals surface area contributed by atoms with E-state index in [1.807, 2.05) is 38.1 Å². The molecule has 0 saturated carbocycles. The lowest BCUT2D eigenvalue weighted by Gasteiger charge is -2.34. The van der Waals surface area contributed by atoms with Crippen molar-refractivity contribution in [2.75, 3.05) is 52.9 Å². The molecule has 4 aromatic rings. The van der Waals surface area contributed by atoms with Gasteiger partial charge in [-0.3, -0.25) is 0 Å². The van der Waals surface area contributed by atoms with Crippen LogP contribution in [0.3, 0.4) is 0 Å². The fraction of sp³-hybridized carbons (Fsp3) is 0.317. The maximum absolute atomic E-state index is 9.95. The molecule has 0 saturated heterocycles. The van der Waals surface area contributed by atoms with Crippen LogP contribution in [0.1, 0.15) is 36.1 Å². The molecule has 0 radical (unpaired) electrons. The Morgan fingerprint density at radius 1 is 0.531 bits per heavy atom. The van der Waals surface area contributed by atoms with Gasteiger partial charge in [0.25, 0.3) is 0 Å². The molecule has 2 unspecified atom stereocenters. The summed E-state index contributed by atoms with van der Waals surface area (Å²) in [6, 6.07) is 33.7. The largest absolute Gasteiger partial charge is 0.499 e. The van der Waals surface area contributed by atoms with Crippen LogP contribution in [0.5, 0.6) is 11.5 Å². The quantitative estimate of drug-likeness (QED) is 0.0704. The first-order valence-electron chi connectivity index (χ1n) is 16.7. The number of rotatable bonds is 20. The molecule has 1 aliphatic carbocycles. The molecule has 0 amide bonds. The third-order valence-corrected chi connectivity index (χ3v) is 8.18. The van der Waals surface area contributed by atoms with Crippen LogP contribution in [-0.4, -0.2) is 75.3 Å². The van der Waals surface area contributed by atoms with Crippen LogP contribution in [0, 0.1) is 0 Å². The van der Waals surface area contributed by atoms with Crippen LogP contribution in [0.25, 0.3) is 11.1 Å². The van der Waals surface area contributed by atoms with Crippen molar-refractivity contribution in [2.24, 2.45) is 0 Å². The number of hydrogen-bond donors (Lipinski definition) is 2. The van der Waals surface area contributed by atoms with E-state index in [0.29, 0.717) is 26.4 Å². The second kappa shape index (κ2) is 18.2. The first-order chi connectivity index (χ1) is 24.1. The van der Waals surface area contributed by atoms with E-state index in [9.17, 15) is 10.2 Å². The summed E-state index contributed by atoms with van der Waals surface area (Å²) in [5.41, 5.74) is 6.55. The van der Waals surface area contributed by atoms with E-state index in [0.717, 1.165) is 22.6 Å². The molecule has 0 bridgehead atoms. The Labute approximate surface area is 289 Å². The third-order valence-electron chi connectivity index (χ3n) is 8.18. The zero-order chi connectivity index (χ0) is 34.3. The molecule has 0 fully saturated rings. The molecule has 4 aromatic carbocycles. The highest BCUT2D eigenvalue weighted by Crippen LogP contribution is 2.56. The van der Waals surface area contributed by atoms with Gasteiger partial charge < -0.3 is 38.6 Å². The Bertz CT molecular complexity index is 1510. The molecule has 0 heterocycles. The molecule has 2 atom stereocenters. The zero-order valence-electron chi connectivity index (χ0n) is 28.2. The number of hydrogen-bond acceptors (Lipinski definition) is 8. The second-order valence-corrected chi connectivity index (χ2v) is 11.6. The minimum absolute atomic E-state index is 0.177. The summed E-state index contributed by atoms with van der Waals surface area (Å²) in [5.74, 6) is 1.48. The van der Waals surface area contributed by atoms with Crippen LogP contribution in [0.15, 0.2) is 122 Å². The Morgan fingerprint density at radius 3 is 1.35 bits per heavy atom. The summed E-state index contributed by atoms with van der Waals surface area (Å²) in [7, 11) is 0. The molecule has 1 aliphatic rings. The van der Waals surface area contributed by atoms with Gasteiger partial charge in [0.1, 0.15) is 50.1 Å². The molecule has 0 spiro atoms. The molecular formula is C41H46O8. The number of fused-ring (bicyclic) bond motifs is 3. The van der Waals surface area contributed by atoms with Crippen LogP contribution in [-0.2, 0) is 24.4 Å². The van der Waals surface area contributed by atoms with Gasteiger partial charge in [0.05, 0.1) is 44.4 Å². The van der Waals surface area contributed by atoms with Gasteiger partial charge in [-0.25, -0.2) is 0 Å². The number of aliphatic hydroxyl groups is 2. The molecule has 0 aromatic heterocycles. The van der Waals surface area contributed by atoms with E-state index in [1.54, 1.807) is 24.7 Å². The highest BCUT2D eigenvalue weighted by Gasteiger charge is 2.45. The summed E-state index contributed by atoms with van der Waals surface area (Å²) < 4.78 is 33.5. The van der Waals surface area contributed by atoms with E-state index in [1.165, 1.54) is 22.3 Å². The average molecular weight is 667 g/mol. The predicted octanol–water partition coefficient (Wildman–Crippen LogP) is 6.66. The SMILES string of the molecule is CC=COCC(O)COCCOc1ccc(C2(c3ccc(OCCOCC(O)COC=CC)cc3)c3ccccc3-c3ccccc32)cc1. The second-order valence-electron chi connectivity index (χ2n) is 11.6. The van der Waals surface area contributed by atoms with Gasteiger partial charge in [-0.1, -0.05) is 84.9 Å². The molecule has 49 heavy (non-hydrogen) atoms. The van der Waals surface area contributed by atoms with Crippen LogP contribution >= 0.6 is 0 Å². The molecule has 2 N–H and O–H groups in total. The fourth-order valence-electron chi connectivity index (χ4n) is 6.12. The van der Waals surface area contributed by atoms with Crippen molar-refractivity contribution in [1.82, 2.24) is 0 Å². The number of allylic oxidation sites excluding steroid dienone is 2. The summed E-state index contributed by atoms with van der Waals surface area (Å²) in [6.45, 7) is 5.84. The molecule has 258 valence electrons. The minimum Gasteiger partial charge on any atom is -0.499 e. The Hall–Kier alpha value is -4.60. The number of ether oxygens (including phenoxy) is 6. The van der Waals surface area contributed by atoms with Crippen molar-refractivity contribution in [1.29, 1.82) is 0 Å². The standard InChI is InChI=1S/C41H46O8/c1-3-21-44-27-33(42)29-46-23-25-48-35-17-13-31(14-18-35)41(39-11-7-5-9-37(39)38-10-6-8-12-40(38)41)32-15-19-36(20-16-32)49-26-24-47-30-34(43)28-45-22-4-2/h3-22,33-34,42-43H,23-30H2,1-2H3. The van der Waals surface area contributed by atoms with Crippen LogP contribution < -0.4 is 9.47 Å². The predicted molar refractivity (Wildman–Crippen MR) is 190 cm³/mol. The maximum Gasteiger partial charge on any atom is 0.119 e. The van der Waals surface area contributed by atoms with E-state index in [-0.39, 0.29) is 26.4 Å². The topological polar surface area (TPSA) is 95.8 Å². The van der Waals surface area contributed by atoms with Gasteiger partial charge >= 0.3 is 0 Å². The normalized spacial score (nSPS) is 14.4. The van der Waals surface area contributed by atoms with Crippen molar-refractivity contribution in [3.05, 3.63) is 144 Å². The number of aliphatic hydroxyl groups excluding tert-OH is 2. The average Bonchev–Trinajstić information content (AvgIpc) is 3.43. The molecule has 0 aliphatic heterocycles. The summed E-state index contributed by atoms with van der Waals surface area (Å²) >= 11 is 0. The Balaban J connectivity index is 1.29. The molecule has 8 nitrogen and oxygen atoms in total. The van der Waals surface area contributed by atoms with Crippen molar-refractivity contribution >= 4 is 0 Å². The first kappa shape index (κ1) is 35.7. The Kier molecular flexibility index (Phi) is 13.3. The summed E-state index contributed by atoms with van der Waals surface area (Å²) in [5, 5.41) is 19.9. The van der Waals surface area contributed by atoms with Gasteiger partial charge in [0.15, 0.2) is 0 Å². The number of benzene rings is 4. The van der Waals surface area contributed by atoms with Crippen LogP contribution in [0.2, 0.25) is 0 Å².